The predicted octanol–water partition coefficient (Wildman–Crippen LogP) is 2.74. The molecule has 0 amide bonds. The SMILES string of the molecule is c1ccc(SCc2noc(C3CSCCN3)n2)cc1. The number of thioether (sulfide) groups is 2. The molecular formula is C13H15N3OS2. The lowest BCUT2D eigenvalue weighted by Gasteiger charge is -2.19. The zero-order chi connectivity index (χ0) is 12.9. The Kier molecular flexibility index (Phi) is 4.42. The van der Waals surface area contributed by atoms with Gasteiger partial charge in [0.25, 0.3) is 0 Å². The first-order valence-electron chi connectivity index (χ1n) is 6.23. The molecule has 1 aromatic heterocycles. The highest BCUT2D eigenvalue weighted by Gasteiger charge is 2.21. The standard InChI is InChI=1S/C13H15N3OS2/c1-2-4-10(5-3-1)19-9-12-15-13(17-16-12)11-8-18-7-6-14-11/h1-5,11,14H,6-9H2. The Labute approximate surface area is 120 Å². The average Bonchev–Trinajstić information content (AvgIpc) is 2.96. The second-order valence-electron chi connectivity index (χ2n) is 4.23. The summed E-state index contributed by atoms with van der Waals surface area (Å²) in [6.07, 6.45) is 0. The lowest BCUT2D eigenvalue weighted by Crippen LogP contribution is -2.30. The van der Waals surface area contributed by atoms with Gasteiger partial charge < -0.3 is 9.84 Å². The summed E-state index contributed by atoms with van der Waals surface area (Å²) in [4.78, 5) is 5.70. The van der Waals surface area contributed by atoms with Crippen molar-refractivity contribution in [2.45, 2.75) is 16.7 Å². The highest BCUT2D eigenvalue weighted by atomic mass is 32.2. The Morgan fingerprint density at radius 3 is 3.05 bits per heavy atom. The lowest BCUT2D eigenvalue weighted by atomic mass is 10.3. The van der Waals surface area contributed by atoms with Gasteiger partial charge >= 0.3 is 0 Å². The smallest absolute Gasteiger partial charge is 0.244 e. The van der Waals surface area contributed by atoms with Gasteiger partial charge in [-0.15, -0.1) is 11.8 Å². The molecule has 0 spiro atoms. The van der Waals surface area contributed by atoms with Crippen LogP contribution in [-0.2, 0) is 5.75 Å². The molecule has 1 unspecified atom stereocenters. The van der Waals surface area contributed by atoms with Crippen LogP contribution < -0.4 is 5.32 Å². The van der Waals surface area contributed by atoms with Gasteiger partial charge in [-0.2, -0.15) is 16.7 Å². The molecule has 1 N–H and O–H groups in total. The topological polar surface area (TPSA) is 51.0 Å². The summed E-state index contributed by atoms with van der Waals surface area (Å²) in [5.74, 6) is 4.39. The molecule has 0 aliphatic carbocycles. The van der Waals surface area contributed by atoms with E-state index in [1.165, 1.54) is 4.90 Å². The van der Waals surface area contributed by atoms with E-state index in [-0.39, 0.29) is 6.04 Å². The van der Waals surface area contributed by atoms with Crippen molar-refractivity contribution in [2.24, 2.45) is 0 Å². The fourth-order valence-electron chi connectivity index (χ4n) is 1.86. The molecule has 3 rings (SSSR count). The molecule has 0 radical (unpaired) electrons. The number of rotatable bonds is 4. The van der Waals surface area contributed by atoms with Crippen LogP contribution in [0.1, 0.15) is 17.8 Å². The molecule has 6 heteroatoms. The number of aromatic nitrogens is 2. The van der Waals surface area contributed by atoms with Gasteiger partial charge in [-0.05, 0) is 12.1 Å². The Bertz CT molecular complexity index is 512. The van der Waals surface area contributed by atoms with E-state index in [9.17, 15) is 0 Å². The zero-order valence-corrected chi connectivity index (χ0v) is 12.0. The predicted molar refractivity (Wildman–Crippen MR) is 78.4 cm³/mol. The van der Waals surface area contributed by atoms with Crippen molar-refractivity contribution < 1.29 is 4.52 Å². The summed E-state index contributed by atoms with van der Waals surface area (Å²) in [5, 5.41) is 7.45. The largest absolute Gasteiger partial charge is 0.338 e. The van der Waals surface area contributed by atoms with Crippen molar-refractivity contribution in [2.75, 3.05) is 18.1 Å². The lowest BCUT2D eigenvalue weighted by molar-refractivity contribution is 0.339. The molecule has 19 heavy (non-hydrogen) atoms. The number of hydrogen-bond donors (Lipinski definition) is 1. The summed E-state index contributed by atoms with van der Waals surface area (Å²) < 4.78 is 5.34. The monoisotopic (exact) mass is 293 g/mol. The van der Waals surface area contributed by atoms with E-state index in [2.05, 4.69) is 27.6 Å². The molecule has 0 bridgehead atoms. The molecule has 1 saturated heterocycles. The molecular weight excluding hydrogens is 278 g/mol. The van der Waals surface area contributed by atoms with Crippen LogP contribution in [0.5, 0.6) is 0 Å². The van der Waals surface area contributed by atoms with E-state index in [0.717, 1.165) is 35.5 Å². The van der Waals surface area contributed by atoms with Crippen LogP contribution in [0.4, 0.5) is 0 Å². The van der Waals surface area contributed by atoms with Gasteiger partial charge in [-0.3, -0.25) is 0 Å². The number of benzene rings is 1. The fraction of sp³-hybridized carbons (Fsp3) is 0.385. The normalized spacial score (nSPS) is 19.5. The van der Waals surface area contributed by atoms with Crippen molar-refractivity contribution in [3.05, 3.63) is 42.0 Å². The highest BCUT2D eigenvalue weighted by molar-refractivity contribution is 7.99. The van der Waals surface area contributed by atoms with Crippen LogP contribution in [0.15, 0.2) is 39.8 Å². The molecule has 100 valence electrons. The third-order valence-corrected chi connectivity index (χ3v) is 4.88. The fourth-order valence-corrected chi connectivity index (χ4v) is 3.54. The Morgan fingerprint density at radius 2 is 2.26 bits per heavy atom. The van der Waals surface area contributed by atoms with Crippen molar-refractivity contribution in [3.8, 4) is 0 Å². The maximum atomic E-state index is 5.34. The van der Waals surface area contributed by atoms with Gasteiger partial charge in [0.1, 0.15) is 0 Å². The number of hydrogen-bond acceptors (Lipinski definition) is 6. The molecule has 0 saturated carbocycles. The molecule has 4 nitrogen and oxygen atoms in total. The maximum absolute atomic E-state index is 5.34. The van der Waals surface area contributed by atoms with Crippen molar-refractivity contribution in [1.82, 2.24) is 15.5 Å². The first-order chi connectivity index (χ1) is 9.42. The van der Waals surface area contributed by atoms with Crippen molar-refractivity contribution in [1.29, 1.82) is 0 Å². The average molecular weight is 293 g/mol. The minimum Gasteiger partial charge on any atom is -0.338 e. The van der Waals surface area contributed by atoms with E-state index in [4.69, 9.17) is 4.52 Å². The van der Waals surface area contributed by atoms with Crippen molar-refractivity contribution >= 4 is 23.5 Å². The molecule has 1 aromatic carbocycles. The van der Waals surface area contributed by atoms with Crippen molar-refractivity contribution in [3.63, 3.8) is 0 Å². The molecule has 1 aliphatic rings. The summed E-state index contributed by atoms with van der Waals surface area (Å²) in [5.41, 5.74) is 0. The summed E-state index contributed by atoms with van der Waals surface area (Å²) in [7, 11) is 0. The minimum atomic E-state index is 0.210. The van der Waals surface area contributed by atoms with Crippen LogP contribution in [0.3, 0.4) is 0 Å². The number of nitrogens with zero attached hydrogens (tertiary/aromatic N) is 2. The maximum Gasteiger partial charge on any atom is 0.244 e. The van der Waals surface area contributed by atoms with Gasteiger partial charge in [0.2, 0.25) is 5.89 Å². The zero-order valence-electron chi connectivity index (χ0n) is 10.4. The molecule has 2 aromatic rings. The number of nitrogens with one attached hydrogen (secondary N) is 1. The molecule has 1 aliphatic heterocycles. The van der Waals surface area contributed by atoms with E-state index in [0.29, 0.717) is 0 Å². The first kappa shape index (κ1) is 13.0. The van der Waals surface area contributed by atoms with Crippen LogP contribution in [0.25, 0.3) is 0 Å². The molecule has 2 heterocycles. The van der Waals surface area contributed by atoms with Gasteiger partial charge in [0, 0.05) is 22.9 Å². The molecule has 1 atom stereocenters. The van der Waals surface area contributed by atoms with E-state index in [1.54, 1.807) is 11.8 Å². The third-order valence-electron chi connectivity index (χ3n) is 2.81. The van der Waals surface area contributed by atoms with E-state index < -0.39 is 0 Å². The third kappa shape index (κ3) is 3.52. The summed E-state index contributed by atoms with van der Waals surface area (Å²) in [6.45, 7) is 1.01. The first-order valence-corrected chi connectivity index (χ1v) is 8.37. The second kappa shape index (κ2) is 6.45. The van der Waals surface area contributed by atoms with Crippen LogP contribution in [0, 0.1) is 0 Å². The summed E-state index contributed by atoms with van der Waals surface area (Å²) in [6, 6.07) is 10.5. The van der Waals surface area contributed by atoms with Gasteiger partial charge in [0.05, 0.1) is 11.8 Å². The Morgan fingerprint density at radius 1 is 1.37 bits per heavy atom. The van der Waals surface area contributed by atoms with Gasteiger partial charge in [-0.25, -0.2) is 0 Å². The Hall–Kier alpha value is -0.980. The van der Waals surface area contributed by atoms with Gasteiger partial charge in [-0.1, -0.05) is 23.4 Å². The quantitative estimate of drug-likeness (QED) is 0.875. The van der Waals surface area contributed by atoms with Crippen LogP contribution in [0.2, 0.25) is 0 Å². The summed E-state index contributed by atoms with van der Waals surface area (Å²) >= 11 is 3.64. The second-order valence-corrected chi connectivity index (χ2v) is 6.43. The van der Waals surface area contributed by atoms with E-state index >= 15 is 0 Å². The van der Waals surface area contributed by atoms with Crippen LogP contribution in [-0.4, -0.2) is 28.2 Å². The minimum absolute atomic E-state index is 0.210. The van der Waals surface area contributed by atoms with E-state index in [1.807, 2.05) is 30.0 Å². The molecule has 1 fully saturated rings. The van der Waals surface area contributed by atoms with Gasteiger partial charge in [0.15, 0.2) is 5.82 Å². The van der Waals surface area contributed by atoms with Crippen LogP contribution >= 0.6 is 23.5 Å². The highest BCUT2D eigenvalue weighted by Crippen LogP contribution is 2.23. The Balaban J connectivity index is 1.58.